The van der Waals surface area contributed by atoms with Gasteiger partial charge in [-0.05, 0) is 47.3 Å². The van der Waals surface area contributed by atoms with Crippen molar-refractivity contribution in [2.75, 3.05) is 19.1 Å². The number of rotatable bonds is 6. The van der Waals surface area contributed by atoms with Crippen LogP contribution in [0.25, 0.3) is 0 Å². The number of Topliss-reactive ketones (excluding diaryl/α,β-unsaturated/α-hetero) is 1. The summed E-state index contributed by atoms with van der Waals surface area (Å²) < 4.78 is 10.4. The van der Waals surface area contributed by atoms with Crippen LogP contribution in [0.2, 0.25) is 5.02 Å². The van der Waals surface area contributed by atoms with E-state index in [0.29, 0.717) is 32.6 Å². The van der Waals surface area contributed by atoms with Crippen LogP contribution in [0.5, 0.6) is 11.5 Å². The molecule has 1 amide bonds. The molecule has 1 aliphatic rings. The molecule has 0 radical (unpaired) electrons. The van der Waals surface area contributed by atoms with E-state index < -0.39 is 23.5 Å². The summed E-state index contributed by atoms with van der Waals surface area (Å²) in [6.45, 7) is 0. The number of amides is 1. The minimum atomic E-state index is -0.836. The number of benzene rings is 2. The number of aliphatic hydroxyl groups excluding tert-OH is 1. The summed E-state index contributed by atoms with van der Waals surface area (Å²) in [5, 5.41) is 12.8. The number of hydrogen-bond acceptors (Lipinski definition) is 6. The van der Waals surface area contributed by atoms with E-state index in [1.54, 1.807) is 67.1 Å². The summed E-state index contributed by atoms with van der Waals surface area (Å²) in [7, 11) is 3.05. The first-order valence-corrected chi connectivity index (χ1v) is 10.5. The molecule has 0 spiro atoms. The van der Waals surface area contributed by atoms with Crippen LogP contribution in [0.3, 0.4) is 0 Å². The van der Waals surface area contributed by atoms with E-state index in [-0.39, 0.29) is 5.57 Å². The van der Waals surface area contributed by atoms with Crippen molar-refractivity contribution in [3.05, 3.63) is 86.8 Å². The van der Waals surface area contributed by atoms with Crippen LogP contribution in [0.15, 0.2) is 71.3 Å². The molecule has 0 fully saturated rings. The summed E-state index contributed by atoms with van der Waals surface area (Å²) >= 11 is 7.53. The fourth-order valence-electron chi connectivity index (χ4n) is 3.55. The minimum absolute atomic E-state index is 0.0181. The van der Waals surface area contributed by atoms with Gasteiger partial charge in [0.2, 0.25) is 5.78 Å². The van der Waals surface area contributed by atoms with Crippen LogP contribution in [-0.2, 0) is 4.79 Å². The Balaban J connectivity index is 1.87. The second-order valence-corrected chi connectivity index (χ2v) is 8.09. The number of aliphatic hydroxyl groups is 1. The van der Waals surface area contributed by atoms with Crippen molar-refractivity contribution in [3.63, 3.8) is 0 Å². The summed E-state index contributed by atoms with van der Waals surface area (Å²) in [4.78, 5) is 28.2. The van der Waals surface area contributed by atoms with E-state index >= 15 is 0 Å². The topological polar surface area (TPSA) is 76.1 Å². The molecule has 6 nitrogen and oxygen atoms in total. The van der Waals surface area contributed by atoms with Crippen molar-refractivity contribution in [3.8, 4) is 11.5 Å². The van der Waals surface area contributed by atoms with Crippen LogP contribution in [0.1, 0.15) is 21.3 Å². The van der Waals surface area contributed by atoms with Crippen molar-refractivity contribution < 1.29 is 24.2 Å². The quantitative estimate of drug-likeness (QED) is 0.517. The van der Waals surface area contributed by atoms with Crippen LogP contribution >= 0.6 is 22.9 Å². The number of halogens is 1. The number of thiophene rings is 1. The average molecular weight is 456 g/mol. The summed E-state index contributed by atoms with van der Waals surface area (Å²) in [6.07, 6.45) is 0. The summed E-state index contributed by atoms with van der Waals surface area (Å²) in [5.74, 6) is -0.575. The maximum Gasteiger partial charge on any atom is 0.294 e. The SMILES string of the molecule is COc1ccc(C2C(C(=O)c3cccs3)=C(O)C(=O)N2c2ccc(OC)c(Cl)c2)cc1. The van der Waals surface area contributed by atoms with Crippen molar-refractivity contribution in [2.45, 2.75) is 6.04 Å². The van der Waals surface area contributed by atoms with Crippen molar-refractivity contribution in [2.24, 2.45) is 0 Å². The Bertz CT molecular complexity index is 1170. The Morgan fingerprint density at radius 3 is 2.42 bits per heavy atom. The Hall–Kier alpha value is -3.29. The van der Waals surface area contributed by atoms with Gasteiger partial charge in [0.15, 0.2) is 5.76 Å². The molecule has 0 bridgehead atoms. The molecular weight excluding hydrogens is 438 g/mol. The minimum Gasteiger partial charge on any atom is -0.503 e. The number of carbonyl (C=O) groups is 2. The van der Waals surface area contributed by atoms with E-state index in [1.807, 2.05) is 0 Å². The third-order valence-corrected chi connectivity index (χ3v) is 6.21. The Morgan fingerprint density at radius 1 is 1.10 bits per heavy atom. The summed E-state index contributed by atoms with van der Waals surface area (Å²) in [5.41, 5.74) is 1.09. The lowest BCUT2D eigenvalue weighted by atomic mass is 9.95. The van der Waals surface area contributed by atoms with Gasteiger partial charge in [-0.15, -0.1) is 11.3 Å². The van der Waals surface area contributed by atoms with E-state index in [4.69, 9.17) is 21.1 Å². The molecule has 31 heavy (non-hydrogen) atoms. The molecule has 1 N–H and O–H groups in total. The van der Waals surface area contributed by atoms with E-state index in [1.165, 1.54) is 23.3 Å². The number of methoxy groups -OCH3 is 2. The zero-order chi connectivity index (χ0) is 22.1. The molecule has 1 unspecified atom stereocenters. The zero-order valence-corrected chi connectivity index (χ0v) is 18.2. The van der Waals surface area contributed by atoms with Gasteiger partial charge in [-0.3, -0.25) is 14.5 Å². The lowest BCUT2D eigenvalue weighted by Gasteiger charge is -2.27. The average Bonchev–Trinajstić information content (AvgIpc) is 3.41. The van der Waals surface area contributed by atoms with Gasteiger partial charge < -0.3 is 14.6 Å². The van der Waals surface area contributed by atoms with Gasteiger partial charge in [-0.25, -0.2) is 0 Å². The largest absolute Gasteiger partial charge is 0.503 e. The highest BCUT2D eigenvalue weighted by Gasteiger charge is 2.45. The van der Waals surface area contributed by atoms with Gasteiger partial charge >= 0.3 is 0 Å². The predicted octanol–water partition coefficient (Wildman–Crippen LogP) is 5.20. The van der Waals surface area contributed by atoms with Gasteiger partial charge in [0.05, 0.1) is 35.7 Å². The molecule has 8 heteroatoms. The van der Waals surface area contributed by atoms with E-state index in [0.717, 1.165) is 0 Å². The maximum atomic E-state index is 13.3. The number of anilines is 1. The molecule has 158 valence electrons. The van der Waals surface area contributed by atoms with Gasteiger partial charge in [0, 0.05) is 5.69 Å². The Labute approximate surface area is 187 Å². The summed E-state index contributed by atoms with van der Waals surface area (Å²) in [6, 6.07) is 14.4. The second-order valence-electron chi connectivity index (χ2n) is 6.74. The molecule has 4 rings (SSSR count). The third kappa shape index (κ3) is 3.66. The molecule has 0 saturated carbocycles. The fourth-order valence-corrected chi connectivity index (χ4v) is 4.48. The molecule has 0 aliphatic carbocycles. The lowest BCUT2D eigenvalue weighted by molar-refractivity contribution is -0.117. The smallest absolute Gasteiger partial charge is 0.294 e. The second kappa shape index (κ2) is 8.45. The molecule has 1 atom stereocenters. The highest BCUT2D eigenvalue weighted by molar-refractivity contribution is 7.12. The number of ketones is 1. The van der Waals surface area contributed by atoms with Crippen molar-refractivity contribution in [1.82, 2.24) is 0 Å². The number of hydrogen-bond donors (Lipinski definition) is 1. The van der Waals surface area contributed by atoms with Crippen LogP contribution < -0.4 is 14.4 Å². The first kappa shape index (κ1) is 21.0. The van der Waals surface area contributed by atoms with E-state index in [2.05, 4.69) is 0 Å². The molecule has 2 aromatic carbocycles. The van der Waals surface area contributed by atoms with Crippen LogP contribution in [0.4, 0.5) is 5.69 Å². The number of carbonyl (C=O) groups excluding carboxylic acids is 2. The molecule has 1 aromatic heterocycles. The van der Waals surface area contributed by atoms with Gasteiger partial charge in [0.1, 0.15) is 11.5 Å². The Morgan fingerprint density at radius 2 is 1.84 bits per heavy atom. The molecule has 0 saturated heterocycles. The molecular formula is C23H18ClNO5S. The van der Waals surface area contributed by atoms with Crippen molar-refractivity contribution >= 4 is 40.3 Å². The maximum absolute atomic E-state index is 13.3. The molecule has 3 aromatic rings. The number of ether oxygens (including phenoxy) is 2. The third-order valence-electron chi connectivity index (χ3n) is 5.04. The van der Waals surface area contributed by atoms with Gasteiger partial charge in [-0.2, -0.15) is 0 Å². The van der Waals surface area contributed by atoms with Crippen LogP contribution in [-0.4, -0.2) is 31.0 Å². The van der Waals surface area contributed by atoms with Crippen molar-refractivity contribution in [1.29, 1.82) is 0 Å². The fraction of sp³-hybridized carbons (Fsp3) is 0.130. The standard InChI is InChI=1S/C23H18ClNO5S/c1-29-15-8-5-13(6-9-15)20-19(21(26)18-4-3-11-31-18)22(27)23(28)25(20)14-7-10-17(30-2)16(24)12-14/h3-12,20,27H,1-2H3. The first-order chi connectivity index (χ1) is 15.0. The van der Waals surface area contributed by atoms with Gasteiger partial charge in [-0.1, -0.05) is 29.8 Å². The van der Waals surface area contributed by atoms with Crippen LogP contribution in [0, 0.1) is 0 Å². The highest BCUT2D eigenvalue weighted by Crippen LogP contribution is 2.44. The number of nitrogens with zero attached hydrogens (tertiary/aromatic N) is 1. The Kier molecular flexibility index (Phi) is 5.71. The highest BCUT2D eigenvalue weighted by atomic mass is 35.5. The predicted molar refractivity (Wildman–Crippen MR) is 120 cm³/mol. The molecule has 2 heterocycles. The zero-order valence-electron chi connectivity index (χ0n) is 16.7. The van der Waals surface area contributed by atoms with Gasteiger partial charge in [0.25, 0.3) is 5.91 Å². The molecule has 1 aliphatic heterocycles. The van der Waals surface area contributed by atoms with E-state index in [9.17, 15) is 14.7 Å². The normalized spacial score (nSPS) is 16.0. The first-order valence-electron chi connectivity index (χ1n) is 9.28. The lowest BCUT2D eigenvalue weighted by Crippen LogP contribution is -2.31. The monoisotopic (exact) mass is 455 g/mol.